The molecule has 2 rings (SSSR count). The van der Waals surface area contributed by atoms with Crippen LogP contribution in [0.1, 0.15) is 32.3 Å². The number of carbonyl (C=O) groups excluding carboxylic acids is 1. The first kappa shape index (κ1) is 18.7. The van der Waals surface area contributed by atoms with Gasteiger partial charge in [-0.25, -0.2) is 0 Å². The van der Waals surface area contributed by atoms with E-state index in [9.17, 15) is 14.9 Å². The first-order valence-corrected chi connectivity index (χ1v) is 8.89. The van der Waals surface area contributed by atoms with Crippen LogP contribution in [-0.4, -0.2) is 41.9 Å². The van der Waals surface area contributed by atoms with Crippen LogP contribution < -0.4 is 4.90 Å². The first-order chi connectivity index (χ1) is 11.5. The molecule has 1 fully saturated rings. The zero-order valence-corrected chi connectivity index (χ0v) is 15.0. The van der Waals surface area contributed by atoms with E-state index in [4.69, 9.17) is 11.6 Å². The summed E-state index contributed by atoms with van der Waals surface area (Å²) in [5.41, 5.74) is 0.832. The number of piperidine rings is 1. The quantitative estimate of drug-likeness (QED) is 0.626. The minimum atomic E-state index is -0.454. The van der Waals surface area contributed by atoms with Gasteiger partial charge in [-0.3, -0.25) is 14.9 Å². The molecule has 0 radical (unpaired) electrons. The second-order valence-electron chi connectivity index (χ2n) is 6.27. The van der Waals surface area contributed by atoms with Crippen molar-refractivity contribution >= 4 is 23.2 Å². The Morgan fingerprint density at radius 3 is 2.75 bits per heavy atom. The lowest BCUT2D eigenvalue weighted by Gasteiger charge is -2.32. The lowest BCUT2D eigenvalue weighted by atomic mass is 9.96. The summed E-state index contributed by atoms with van der Waals surface area (Å²) in [4.78, 5) is 26.3. The molecule has 0 spiro atoms. The van der Waals surface area contributed by atoms with Crippen molar-refractivity contribution in [3.8, 4) is 0 Å². The number of nitrogens with one attached hydrogen (secondary N) is 1. The van der Waals surface area contributed by atoms with Crippen LogP contribution in [0.5, 0.6) is 0 Å². The molecular formula is C17H25ClN3O3+. The van der Waals surface area contributed by atoms with E-state index in [1.807, 2.05) is 24.8 Å². The third-order valence-electron chi connectivity index (χ3n) is 4.70. The Bertz CT molecular complexity index is 605. The Labute approximate surface area is 147 Å². The molecule has 1 heterocycles. The molecule has 1 amide bonds. The second kappa shape index (κ2) is 8.44. The normalized spacial score (nSPS) is 20.6. The number of nitro benzene ring substituents is 1. The number of rotatable bonds is 6. The molecular weight excluding hydrogens is 330 g/mol. The summed E-state index contributed by atoms with van der Waals surface area (Å²) in [5.74, 6) is 0.287. The van der Waals surface area contributed by atoms with E-state index in [-0.39, 0.29) is 22.5 Å². The van der Waals surface area contributed by atoms with Crippen molar-refractivity contribution < 1.29 is 14.6 Å². The van der Waals surface area contributed by atoms with E-state index >= 15 is 0 Å². The molecule has 1 unspecified atom stereocenters. The molecule has 1 N–H and O–H groups in total. The molecule has 0 aliphatic carbocycles. The van der Waals surface area contributed by atoms with Gasteiger partial charge in [0.15, 0.2) is 0 Å². The van der Waals surface area contributed by atoms with Crippen molar-refractivity contribution in [2.24, 2.45) is 5.92 Å². The Morgan fingerprint density at radius 1 is 1.42 bits per heavy atom. The van der Waals surface area contributed by atoms with E-state index in [1.54, 1.807) is 12.1 Å². The fraction of sp³-hybridized carbons (Fsp3) is 0.588. The highest BCUT2D eigenvalue weighted by molar-refractivity contribution is 6.32. The summed E-state index contributed by atoms with van der Waals surface area (Å²) in [5, 5.41) is 11.2. The maximum absolute atomic E-state index is 12.6. The van der Waals surface area contributed by atoms with Crippen molar-refractivity contribution in [2.75, 3.05) is 26.2 Å². The lowest BCUT2D eigenvalue weighted by Crippen LogP contribution is -3.12. The predicted octanol–water partition coefficient (Wildman–Crippen LogP) is 1.91. The Balaban J connectivity index is 2.04. The van der Waals surface area contributed by atoms with E-state index in [1.165, 1.54) is 4.90 Å². The number of hydrogen-bond donors (Lipinski definition) is 1. The van der Waals surface area contributed by atoms with Crippen LogP contribution in [0.2, 0.25) is 5.02 Å². The highest BCUT2D eigenvalue weighted by Crippen LogP contribution is 2.24. The van der Waals surface area contributed by atoms with Crippen LogP contribution in [0.15, 0.2) is 18.2 Å². The van der Waals surface area contributed by atoms with Gasteiger partial charge in [0.05, 0.1) is 23.9 Å². The largest absolute Gasteiger partial charge is 0.343 e. The molecule has 2 atom stereocenters. The zero-order chi connectivity index (χ0) is 17.7. The third kappa shape index (κ3) is 4.45. The fourth-order valence-electron chi connectivity index (χ4n) is 3.41. The zero-order valence-electron chi connectivity index (χ0n) is 14.3. The predicted molar refractivity (Wildman–Crippen MR) is 93.2 cm³/mol. The number of nitrogens with zero attached hydrogens (tertiary/aromatic N) is 2. The molecule has 132 valence electrons. The SMILES string of the molecule is CCN(CC)C(=O)[C@H]1CCC[NH+](Cc2ccc(Cl)c([N+](=O)[O-])c2)C1. The highest BCUT2D eigenvalue weighted by atomic mass is 35.5. The summed E-state index contributed by atoms with van der Waals surface area (Å²) >= 11 is 5.87. The van der Waals surface area contributed by atoms with Crippen LogP contribution in [-0.2, 0) is 11.3 Å². The van der Waals surface area contributed by atoms with Gasteiger partial charge >= 0.3 is 0 Å². The number of nitro groups is 1. The Kier molecular flexibility index (Phi) is 6.57. The molecule has 1 aromatic rings. The van der Waals surface area contributed by atoms with Crippen LogP contribution in [0, 0.1) is 16.0 Å². The highest BCUT2D eigenvalue weighted by Gasteiger charge is 2.31. The number of hydrogen-bond acceptors (Lipinski definition) is 3. The van der Waals surface area contributed by atoms with E-state index < -0.39 is 4.92 Å². The molecule has 0 bridgehead atoms. The maximum Gasteiger partial charge on any atom is 0.288 e. The number of likely N-dealkylation sites (tertiary alicyclic amines) is 1. The third-order valence-corrected chi connectivity index (χ3v) is 5.02. The van der Waals surface area contributed by atoms with Crippen molar-refractivity contribution in [3.05, 3.63) is 38.9 Å². The average Bonchev–Trinajstić information content (AvgIpc) is 2.57. The fourth-order valence-corrected chi connectivity index (χ4v) is 3.60. The van der Waals surface area contributed by atoms with Gasteiger partial charge in [-0.1, -0.05) is 17.7 Å². The molecule has 24 heavy (non-hydrogen) atoms. The number of benzene rings is 1. The summed E-state index contributed by atoms with van der Waals surface area (Å²) < 4.78 is 0. The molecule has 0 saturated carbocycles. The first-order valence-electron chi connectivity index (χ1n) is 8.51. The summed E-state index contributed by atoms with van der Waals surface area (Å²) in [6.07, 6.45) is 1.93. The number of carbonyl (C=O) groups is 1. The van der Waals surface area contributed by atoms with Crippen LogP contribution >= 0.6 is 11.6 Å². The van der Waals surface area contributed by atoms with Gasteiger partial charge in [0.2, 0.25) is 5.91 Å². The standard InChI is InChI=1S/C17H24ClN3O3/c1-3-20(4-2)17(22)14-6-5-9-19(12-14)11-13-7-8-15(18)16(10-13)21(23)24/h7-8,10,14H,3-6,9,11-12H2,1-2H3/p+1/t14-/m0/s1. The number of quaternary nitrogens is 1. The monoisotopic (exact) mass is 354 g/mol. The second-order valence-corrected chi connectivity index (χ2v) is 6.68. The van der Waals surface area contributed by atoms with E-state index in [0.717, 1.165) is 44.6 Å². The number of amides is 1. The van der Waals surface area contributed by atoms with Crippen molar-refractivity contribution in [2.45, 2.75) is 33.2 Å². The molecule has 1 aromatic carbocycles. The van der Waals surface area contributed by atoms with Gasteiger partial charge in [-0.05, 0) is 32.8 Å². The van der Waals surface area contributed by atoms with Gasteiger partial charge in [0.25, 0.3) is 5.69 Å². The molecule has 6 nitrogen and oxygen atoms in total. The van der Waals surface area contributed by atoms with E-state index in [2.05, 4.69) is 0 Å². The van der Waals surface area contributed by atoms with Crippen LogP contribution in [0.25, 0.3) is 0 Å². The summed E-state index contributed by atoms with van der Waals surface area (Å²) in [7, 11) is 0. The van der Waals surface area contributed by atoms with Gasteiger partial charge in [0, 0.05) is 24.7 Å². The molecule has 1 aliphatic rings. The van der Waals surface area contributed by atoms with E-state index in [0.29, 0.717) is 6.54 Å². The minimum absolute atomic E-state index is 0.0518. The topological polar surface area (TPSA) is 67.9 Å². The number of halogens is 1. The minimum Gasteiger partial charge on any atom is -0.343 e. The Hall–Kier alpha value is -1.66. The maximum atomic E-state index is 12.6. The van der Waals surface area contributed by atoms with Gasteiger partial charge in [-0.15, -0.1) is 0 Å². The van der Waals surface area contributed by atoms with Gasteiger partial charge in [-0.2, -0.15) is 0 Å². The van der Waals surface area contributed by atoms with Crippen molar-refractivity contribution in [3.63, 3.8) is 0 Å². The van der Waals surface area contributed by atoms with Gasteiger partial charge in [0.1, 0.15) is 11.6 Å². The van der Waals surface area contributed by atoms with Gasteiger partial charge < -0.3 is 9.80 Å². The van der Waals surface area contributed by atoms with Crippen LogP contribution in [0.3, 0.4) is 0 Å². The van der Waals surface area contributed by atoms with Crippen molar-refractivity contribution in [1.29, 1.82) is 0 Å². The smallest absolute Gasteiger partial charge is 0.288 e. The van der Waals surface area contributed by atoms with Crippen LogP contribution in [0.4, 0.5) is 5.69 Å². The molecule has 1 aliphatic heterocycles. The molecule has 7 heteroatoms. The average molecular weight is 355 g/mol. The van der Waals surface area contributed by atoms with Crippen molar-refractivity contribution in [1.82, 2.24) is 4.90 Å². The molecule has 0 aromatic heterocycles. The molecule has 1 saturated heterocycles. The summed E-state index contributed by atoms with van der Waals surface area (Å²) in [6, 6.07) is 4.96. The summed E-state index contributed by atoms with van der Waals surface area (Å²) in [6.45, 7) is 7.93. The Morgan fingerprint density at radius 2 is 2.12 bits per heavy atom. The lowest BCUT2D eigenvalue weighted by molar-refractivity contribution is -0.921.